The molecule has 0 aliphatic carbocycles. The van der Waals surface area contributed by atoms with E-state index in [9.17, 15) is 9.59 Å². The van der Waals surface area contributed by atoms with Crippen molar-refractivity contribution in [3.63, 3.8) is 0 Å². The van der Waals surface area contributed by atoms with Crippen LogP contribution in [-0.4, -0.2) is 60.3 Å². The lowest BCUT2D eigenvalue weighted by atomic mass is 10.00. The Labute approximate surface area is 193 Å². The van der Waals surface area contributed by atoms with E-state index in [2.05, 4.69) is 33.9 Å². The van der Waals surface area contributed by atoms with Gasteiger partial charge in [0.25, 0.3) is 5.91 Å². The second-order valence-electron chi connectivity index (χ2n) is 7.96. The molecule has 0 radical (unpaired) electrons. The molecule has 2 amide bonds. The number of anilines is 1. The maximum Gasteiger partial charge on any atom is 0.255 e. The predicted molar refractivity (Wildman–Crippen MR) is 125 cm³/mol. The van der Waals surface area contributed by atoms with Crippen LogP contribution in [-0.2, 0) is 4.79 Å². The summed E-state index contributed by atoms with van der Waals surface area (Å²) in [6.45, 7) is 6.97. The van der Waals surface area contributed by atoms with Gasteiger partial charge in [0.05, 0.1) is 14.2 Å². The Morgan fingerprint density at radius 2 is 2.03 bits per heavy atom. The van der Waals surface area contributed by atoms with Gasteiger partial charge in [-0.25, -0.2) is 0 Å². The number of methoxy groups -OCH3 is 2. The van der Waals surface area contributed by atoms with Gasteiger partial charge in [-0.3, -0.25) is 14.7 Å². The number of H-pyrrole nitrogens is 1. The van der Waals surface area contributed by atoms with E-state index < -0.39 is 5.91 Å². The molecule has 33 heavy (non-hydrogen) atoms. The number of nitrogens with two attached hydrogens (primary N) is 1. The Balaban J connectivity index is 1.73. The number of primary amides is 1. The van der Waals surface area contributed by atoms with Gasteiger partial charge >= 0.3 is 0 Å². The third kappa shape index (κ3) is 5.86. The lowest BCUT2D eigenvalue weighted by Gasteiger charge is -2.19. The van der Waals surface area contributed by atoms with E-state index in [4.69, 9.17) is 15.2 Å². The van der Waals surface area contributed by atoms with E-state index in [-0.39, 0.29) is 17.5 Å². The smallest absolute Gasteiger partial charge is 0.255 e. The van der Waals surface area contributed by atoms with E-state index in [1.165, 1.54) is 6.08 Å². The first-order chi connectivity index (χ1) is 15.8. The zero-order chi connectivity index (χ0) is 24.0. The van der Waals surface area contributed by atoms with Gasteiger partial charge < -0.3 is 25.4 Å². The van der Waals surface area contributed by atoms with Gasteiger partial charge in [-0.15, -0.1) is 0 Å². The number of nitrogens with zero attached hydrogens (tertiary/aromatic N) is 2. The van der Waals surface area contributed by atoms with Crippen molar-refractivity contribution in [1.82, 2.24) is 15.1 Å². The number of benzene rings is 1. The van der Waals surface area contributed by atoms with E-state index in [1.54, 1.807) is 37.3 Å². The first kappa shape index (κ1) is 23.7. The summed E-state index contributed by atoms with van der Waals surface area (Å²) >= 11 is 0. The molecule has 1 saturated heterocycles. The lowest BCUT2D eigenvalue weighted by molar-refractivity contribution is -0.125. The molecule has 3 rings (SSSR count). The summed E-state index contributed by atoms with van der Waals surface area (Å²) in [7, 11) is 3.12. The minimum atomic E-state index is -0.630. The first-order valence-electron chi connectivity index (χ1n) is 10.7. The topological polar surface area (TPSA) is 123 Å². The van der Waals surface area contributed by atoms with Gasteiger partial charge in [0.15, 0.2) is 5.82 Å². The van der Waals surface area contributed by atoms with Gasteiger partial charge in [0.1, 0.15) is 22.8 Å². The molecule has 0 bridgehead atoms. The normalized spacial score (nSPS) is 15.8. The molecule has 1 aliphatic heterocycles. The molecule has 2 unspecified atom stereocenters. The first-order valence-corrected chi connectivity index (χ1v) is 10.7. The fraction of sp³-hybridized carbons (Fsp3) is 0.375. The lowest BCUT2D eigenvalue weighted by Crippen LogP contribution is -2.28. The van der Waals surface area contributed by atoms with Gasteiger partial charge in [-0.05, 0) is 49.8 Å². The van der Waals surface area contributed by atoms with Crippen molar-refractivity contribution in [2.45, 2.75) is 25.8 Å². The molecule has 2 aromatic rings. The molecule has 4 N–H and O–H groups in total. The number of carbonyl (C=O) groups excluding carboxylic acids is 2. The van der Waals surface area contributed by atoms with Crippen LogP contribution in [0.25, 0.3) is 0 Å². The quantitative estimate of drug-likeness (QED) is 0.418. The average molecular weight is 452 g/mol. The zero-order valence-electron chi connectivity index (χ0n) is 19.1. The average Bonchev–Trinajstić information content (AvgIpc) is 3.43. The van der Waals surface area contributed by atoms with Gasteiger partial charge in [-0.2, -0.15) is 5.10 Å². The second kappa shape index (κ2) is 10.6. The third-order valence-electron chi connectivity index (χ3n) is 5.54. The molecule has 1 aliphatic rings. The highest BCUT2D eigenvalue weighted by molar-refractivity contribution is 5.99. The van der Waals surface area contributed by atoms with Gasteiger partial charge in [-0.1, -0.05) is 12.5 Å². The molecular formula is C24H29N5O4. The highest BCUT2D eigenvalue weighted by Gasteiger charge is 2.27. The third-order valence-corrected chi connectivity index (χ3v) is 5.54. The molecule has 2 atom stereocenters. The zero-order valence-corrected chi connectivity index (χ0v) is 19.1. The van der Waals surface area contributed by atoms with Crippen molar-refractivity contribution >= 4 is 17.6 Å². The van der Waals surface area contributed by atoms with Gasteiger partial charge in [0, 0.05) is 30.8 Å². The Bertz CT molecular complexity index is 1080. The summed E-state index contributed by atoms with van der Waals surface area (Å²) < 4.78 is 10.5. The minimum Gasteiger partial charge on any atom is -0.497 e. The van der Waals surface area contributed by atoms with Crippen LogP contribution in [0.2, 0.25) is 0 Å². The van der Waals surface area contributed by atoms with Gasteiger partial charge in [0.2, 0.25) is 5.91 Å². The molecule has 174 valence electrons. The van der Waals surface area contributed by atoms with Crippen LogP contribution >= 0.6 is 0 Å². The summed E-state index contributed by atoms with van der Waals surface area (Å²) in [6.07, 6.45) is 3.09. The molecule has 2 heterocycles. The molecule has 1 fully saturated rings. The predicted octanol–water partition coefficient (Wildman–Crippen LogP) is 2.15. The van der Waals surface area contributed by atoms with Crippen LogP contribution in [0.15, 0.2) is 30.9 Å². The minimum absolute atomic E-state index is 0.0126. The van der Waals surface area contributed by atoms with E-state index in [0.29, 0.717) is 41.0 Å². The number of aromatic nitrogens is 2. The molecule has 1 aromatic carbocycles. The Hall–Kier alpha value is -3.93. The highest BCUT2D eigenvalue weighted by Crippen LogP contribution is 2.25. The van der Waals surface area contributed by atoms with E-state index >= 15 is 0 Å². The number of nitrogens with one attached hydrogen (secondary N) is 2. The Morgan fingerprint density at radius 3 is 2.64 bits per heavy atom. The van der Waals surface area contributed by atoms with Crippen LogP contribution in [0.5, 0.6) is 11.5 Å². The molecule has 1 aromatic heterocycles. The van der Waals surface area contributed by atoms with Crippen molar-refractivity contribution in [2.24, 2.45) is 11.7 Å². The van der Waals surface area contributed by atoms with Crippen molar-refractivity contribution in [3.8, 4) is 23.3 Å². The maximum atomic E-state index is 12.2. The van der Waals surface area contributed by atoms with Crippen LogP contribution < -0.4 is 20.5 Å². The molecule has 9 heteroatoms. The van der Waals surface area contributed by atoms with E-state index in [0.717, 1.165) is 19.4 Å². The Morgan fingerprint density at radius 1 is 1.33 bits per heavy atom. The Kier molecular flexibility index (Phi) is 7.61. The summed E-state index contributed by atoms with van der Waals surface area (Å²) in [5.41, 5.74) is 6.81. The van der Waals surface area contributed by atoms with Crippen LogP contribution in [0.1, 0.15) is 41.4 Å². The summed E-state index contributed by atoms with van der Waals surface area (Å²) in [4.78, 5) is 25.7. The fourth-order valence-corrected chi connectivity index (χ4v) is 3.94. The standard InChI is InChI=1S/C24H29N5O4/c1-5-21(30)29-9-8-17(14-29)10-15(2)26-24-22(23(25)31)20(27-28-24)7-6-16-11-18(32-3)13-19(12-16)33-4/h5,11-13,15,17H,1,8-10,14H2,2-4H3,(H2,25,31)(H2,26,27,28). The highest BCUT2D eigenvalue weighted by atomic mass is 16.5. The number of aromatic amines is 1. The number of likely N-dealkylation sites (tertiary alicyclic amines) is 1. The van der Waals surface area contributed by atoms with E-state index in [1.807, 2.05) is 6.92 Å². The maximum absolute atomic E-state index is 12.2. The molecule has 0 saturated carbocycles. The SMILES string of the molecule is C=CC(=O)N1CCC(CC(C)Nc2n[nH]c(C#Cc3cc(OC)cc(OC)c3)c2C(N)=O)C1. The van der Waals surface area contributed by atoms with Crippen LogP contribution in [0.4, 0.5) is 5.82 Å². The molecular weight excluding hydrogens is 422 g/mol. The molecule has 9 nitrogen and oxygen atoms in total. The number of hydrogen-bond donors (Lipinski definition) is 3. The number of hydrogen-bond acceptors (Lipinski definition) is 6. The van der Waals surface area contributed by atoms with Crippen molar-refractivity contribution in [2.75, 3.05) is 32.6 Å². The van der Waals surface area contributed by atoms with Crippen LogP contribution in [0, 0.1) is 17.8 Å². The van der Waals surface area contributed by atoms with Crippen molar-refractivity contribution < 1.29 is 19.1 Å². The van der Waals surface area contributed by atoms with Crippen molar-refractivity contribution in [1.29, 1.82) is 0 Å². The summed E-state index contributed by atoms with van der Waals surface area (Å²) in [5, 5.41) is 10.3. The van der Waals surface area contributed by atoms with Crippen molar-refractivity contribution in [3.05, 3.63) is 47.7 Å². The largest absolute Gasteiger partial charge is 0.497 e. The summed E-state index contributed by atoms with van der Waals surface area (Å²) in [6, 6.07) is 5.29. The number of ether oxygens (including phenoxy) is 2. The number of carbonyl (C=O) groups is 2. The number of amides is 2. The summed E-state index contributed by atoms with van der Waals surface area (Å²) in [5.74, 6) is 7.18. The van der Waals surface area contributed by atoms with Crippen LogP contribution in [0.3, 0.4) is 0 Å². The second-order valence-corrected chi connectivity index (χ2v) is 7.96. The number of rotatable bonds is 8. The fourth-order valence-electron chi connectivity index (χ4n) is 3.94. The molecule has 0 spiro atoms. The monoisotopic (exact) mass is 451 g/mol.